The summed E-state index contributed by atoms with van der Waals surface area (Å²) in [6.45, 7) is 5.30. The van der Waals surface area contributed by atoms with E-state index in [1.54, 1.807) is 0 Å². The fourth-order valence-electron chi connectivity index (χ4n) is 2.56. The van der Waals surface area contributed by atoms with Crippen LogP contribution in [-0.2, 0) is 0 Å². The number of ether oxygens (including phenoxy) is 1. The Labute approximate surface area is 109 Å². The van der Waals surface area contributed by atoms with E-state index in [2.05, 4.69) is 25.2 Å². The molecule has 1 aromatic rings. The Hall–Kier alpha value is -1.06. The van der Waals surface area contributed by atoms with Crippen molar-refractivity contribution in [2.75, 3.05) is 13.2 Å². The van der Waals surface area contributed by atoms with Gasteiger partial charge in [-0.2, -0.15) is 0 Å². The van der Waals surface area contributed by atoms with E-state index in [0.717, 1.165) is 25.2 Å². The highest BCUT2D eigenvalue weighted by molar-refractivity contribution is 5.37. The number of aliphatic hydroxyl groups excluding tert-OH is 1. The molecule has 18 heavy (non-hydrogen) atoms. The maximum atomic E-state index is 9.46. The number of hydrogen-bond donors (Lipinski definition) is 2. The maximum absolute atomic E-state index is 9.46. The normalized spacial score (nSPS) is 20.3. The zero-order valence-corrected chi connectivity index (χ0v) is 11.2. The summed E-state index contributed by atoms with van der Waals surface area (Å²) >= 11 is 0. The van der Waals surface area contributed by atoms with Crippen LogP contribution in [0.5, 0.6) is 5.75 Å². The average Bonchev–Trinajstić information content (AvgIpc) is 2.38. The highest BCUT2D eigenvalue weighted by atomic mass is 16.5. The summed E-state index contributed by atoms with van der Waals surface area (Å²) in [6, 6.07) is 8.62. The van der Waals surface area contributed by atoms with Crippen LogP contribution in [0, 0.1) is 5.92 Å². The fraction of sp³-hybridized carbons (Fsp3) is 0.600. The first-order valence-electron chi connectivity index (χ1n) is 6.79. The van der Waals surface area contributed by atoms with Gasteiger partial charge in [0.1, 0.15) is 5.75 Å². The van der Waals surface area contributed by atoms with Gasteiger partial charge in [-0.25, -0.2) is 0 Å². The second-order valence-electron chi connectivity index (χ2n) is 5.40. The fourth-order valence-corrected chi connectivity index (χ4v) is 2.56. The van der Waals surface area contributed by atoms with Gasteiger partial charge >= 0.3 is 0 Å². The highest BCUT2D eigenvalue weighted by Gasteiger charge is 2.23. The number of aliphatic hydroxyl groups is 1. The minimum absolute atomic E-state index is 0.168. The monoisotopic (exact) mass is 249 g/mol. The number of fused-ring (bicyclic) bond motifs is 1. The van der Waals surface area contributed by atoms with Crippen molar-refractivity contribution in [2.24, 2.45) is 5.92 Å². The lowest BCUT2D eigenvalue weighted by molar-refractivity contribution is 0.190. The smallest absolute Gasteiger partial charge is 0.124 e. The van der Waals surface area contributed by atoms with Gasteiger partial charge in [-0.3, -0.25) is 0 Å². The van der Waals surface area contributed by atoms with E-state index in [9.17, 15) is 5.11 Å². The van der Waals surface area contributed by atoms with Crippen LogP contribution < -0.4 is 10.1 Å². The molecular weight excluding hydrogens is 226 g/mol. The van der Waals surface area contributed by atoms with Crippen LogP contribution in [0.25, 0.3) is 0 Å². The molecule has 1 aliphatic rings. The van der Waals surface area contributed by atoms with Gasteiger partial charge in [-0.05, 0) is 18.4 Å². The molecular formula is C15H23NO2. The minimum atomic E-state index is 0.168. The van der Waals surface area contributed by atoms with Crippen molar-refractivity contribution in [1.29, 1.82) is 0 Å². The zero-order chi connectivity index (χ0) is 13.0. The van der Waals surface area contributed by atoms with E-state index in [4.69, 9.17) is 4.74 Å². The summed E-state index contributed by atoms with van der Waals surface area (Å²) in [5.74, 6) is 1.56. The predicted molar refractivity (Wildman–Crippen MR) is 72.8 cm³/mol. The van der Waals surface area contributed by atoms with Gasteiger partial charge in [-0.15, -0.1) is 0 Å². The van der Waals surface area contributed by atoms with Crippen molar-refractivity contribution >= 4 is 0 Å². The van der Waals surface area contributed by atoms with Crippen LogP contribution in [-0.4, -0.2) is 24.4 Å². The van der Waals surface area contributed by atoms with Gasteiger partial charge in [0.05, 0.1) is 13.2 Å². The van der Waals surface area contributed by atoms with Gasteiger partial charge in [0, 0.05) is 24.1 Å². The number of benzene rings is 1. The van der Waals surface area contributed by atoms with Crippen molar-refractivity contribution < 1.29 is 9.84 Å². The van der Waals surface area contributed by atoms with Gasteiger partial charge < -0.3 is 15.2 Å². The Morgan fingerprint density at radius 1 is 1.39 bits per heavy atom. The number of hydrogen-bond acceptors (Lipinski definition) is 3. The molecule has 100 valence electrons. The Bertz CT molecular complexity index is 379. The number of para-hydroxylation sites is 1. The summed E-state index contributed by atoms with van der Waals surface area (Å²) in [6.07, 6.45) is 1.96. The molecule has 0 saturated carbocycles. The third-order valence-electron chi connectivity index (χ3n) is 3.37. The Kier molecular flexibility index (Phi) is 4.61. The zero-order valence-electron chi connectivity index (χ0n) is 11.2. The quantitative estimate of drug-likeness (QED) is 0.842. The van der Waals surface area contributed by atoms with Gasteiger partial charge in [0.2, 0.25) is 0 Å². The molecule has 0 aliphatic carbocycles. The number of rotatable bonds is 5. The van der Waals surface area contributed by atoms with Crippen molar-refractivity contribution in [1.82, 2.24) is 5.32 Å². The second kappa shape index (κ2) is 6.21. The first-order chi connectivity index (χ1) is 8.70. The van der Waals surface area contributed by atoms with E-state index in [1.807, 2.05) is 18.2 Å². The van der Waals surface area contributed by atoms with Crippen LogP contribution in [0.2, 0.25) is 0 Å². The number of nitrogens with one attached hydrogen (secondary N) is 1. The van der Waals surface area contributed by atoms with Crippen molar-refractivity contribution in [2.45, 2.75) is 38.8 Å². The van der Waals surface area contributed by atoms with Gasteiger partial charge in [0.15, 0.2) is 0 Å². The molecule has 3 nitrogen and oxygen atoms in total. The Morgan fingerprint density at radius 2 is 2.17 bits per heavy atom. The summed E-state index contributed by atoms with van der Waals surface area (Å²) in [7, 11) is 0. The molecule has 0 aromatic heterocycles. The van der Waals surface area contributed by atoms with Gasteiger partial charge in [0.25, 0.3) is 0 Å². The van der Waals surface area contributed by atoms with E-state index in [-0.39, 0.29) is 12.6 Å². The molecule has 0 fully saturated rings. The topological polar surface area (TPSA) is 41.5 Å². The lowest BCUT2D eigenvalue weighted by Crippen LogP contribution is -2.38. The summed E-state index contributed by atoms with van der Waals surface area (Å²) in [5.41, 5.74) is 1.21. The van der Waals surface area contributed by atoms with Crippen molar-refractivity contribution in [3.8, 4) is 5.75 Å². The standard InChI is InChI=1S/C15H23NO2/c1-11(2)9-12(10-17)16-14-7-8-18-15-6-4-3-5-13(14)15/h3-6,11-12,14,16-17H,7-10H2,1-2H3. The van der Waals surface area contributed by atoms with Crippen LogP contribution >= 0.6 is 0 Å². The molecule has 2 atom stereocenters. The van der Waals surface area contributed by atoms with E-state index in [0.29, 0.717) is 12.0 Å². The molecule has 0 bridgehead atoms. The third kappa shape index (κ3) is 3.24. The maximum Gasteiger partial charge on any atom is 0.124 e. The summed E-state index contributed by atoms with van der Waals surface area (Å²) in [5, 5.41) is 13.0. The Balaban J connectivity index is 2.06. The molecule has 1 aliphatic heterocycles. The molecule has 1 heterocycles. The first-order valence-corrected chi connectivity index (χ1v) is 6.79. The molecule has 0 saturated heterocycles. The minimum Gasteiger partial charge on any atom is -0.493 e. The van der Waals surface area contributed by atoms with Crippen LogP contribution in [0.3, 0.4) is 0 Å². The largest absolute Gasteiger partial charge is 0.493 e. The van der Waals surface area contributed by atoms with Crippen LogP contribution in [0.15, 0.2) is 24.3 Å². The van der Waals surface area contributed by atoms with Gasteiger partial charge in [-0.1, -0.05) is 32.0 Å². The molecule has 0 radical (unpaired) electrons. The summed E-state index contributed by atoms with van der Waals surface area (Å²) in [4.78, 5) is 0. The molecule has 1 aromatic carbocycles. The van der Waals surface area contributed by atoms with Crippen LogP contribution in [0.4, 0.5) is 0 Å². The van der Waals surface area contributed by atoms with Crippen molar-refractivity contribution in [3.05, 3.63) is 29.8 Å². The molecule has 0 amide bonds. The third-order valence-corrected chi connectivity index (χ3v) is 3.37. The molecule has 3 heteroatoms. The van der Waals surface area contributed by atoms with E-state index < -0.39 is 0 Å². The molecule has 0 spiro atoms. The molecule has 2 N–H and O–H groups in total. The van der Waals surface area contributed by atoms with Crippen molar-refractivity contribution in [3.63, 3.8) is 0 Å². The average molecular weight is 249 g/mol. The SMILES string of the molecule is CC(C)CC(CO)NC1CCOc2ccccc21. The first kappa shape index (κ1) is 13.4. The highest BCUT2D eigenvalue weighted by Crippen LogP contribution is 2.32. The van der Waals surface area contributed by atoms with Crippen LogP contribution in [0.1, 0.15) is 38.3 Å². The second-order valence-corrected chi connectivity index (χ2v) is 5.40. The van der Waals surface area contributed by atoms with E-state index >= 15 is 0 Å². The van der Waals surface area contributed by atoms with E-state index in [1.165, 1.54) is 5.56 Å². The predicted octanol–water partition coefficient (Wildman–Crippen LogP) is 2.51. The lowest BCUT2D eigenvalue weighted by atomic mass is 9.97. The lowest BCUT2D eigenvalue weighted by Gasteiger charge is -2.30. The molecule has 2 rings (SSSR count). The molecule has 2 unspecified atom stereocenters. The Morgan fingerprint density at radius 3 is 2.89 bits per heavy atom. The summed E-state index contributed by atoms with van der Waals surface area (Å²) < 4.78 is 5.65.